The number of para-hydroxylation sites is 4. The fraction of sp³-hybridized carbons (Fsp3) is 0. The SMILES string of the molecule is c1ccc2cc(-c3cc(-n4c5ccccc5c5c6c7ccccc7n7c8ccccc8c(cc54)c67)c4oc5ccccc5c4c3)ccc2c1. The van der Waals surface area contributed by atoms with Gasteiger partial charge in [0, 0.05) is 43.1 Å². The minimum absolute atomic E-state index is 0.896. The maximum Gasteiger partial charge on any atom is 0.159 e. The van der Waals surface area contributed by atoms with Crippen LogP contribution in [0.25, 0.3) is 109 Å². The van der Waals surface area contributed by atoms with E-state index in [1.165, 1.54) is 81.8 Å². The van der Waals surface area contributed by atoms with Gasteiger partial charge in [-0.15, -0.1) is 0 Å². The first-order valence-corrected chi connectivity index (χ1v) is 16.9. The molecule has 0 radical (unpaired) electrons. The highest BCUT2D eigenvalue weighted by molar-refractivity contribution is 6.36. The first kappa shape index (κ1) is 25.5. The van der Waals surface area contributed by atoms with E-state index in [0.717, 1.165) is 27.6 Å². The standard InChI is InChI=1S/C46H26N2O/c1-2-12-28-23-29(22-21-27(28)11-1)30-24-36-32-14-6-10-20-42(32)49-46(36)41(25-30)47-38-18-8-4-15-33(38)43-40(47)26-35-31-13-3-7-17-37(31)48-39-19-9-5-16-34(39)44(43)45(35)48/h1-26H. The summed E-state index contributed by atoms with van der Waals surface area (Å²) >= 11 is 0. The molecule has 0 N–H and O–H groups in total. The molecule has 0 aliphatic carbocycles. The summed E-state index contributed by atoms with van der Waals surface area (Å²) in [5.74, 6) is 0. The molecule has 0 atom stereocenters. The number of furan rings is 1. The van der Waals surface area contributed by atoms with Gasteiger partial charge >= 0.3 is 0 Å². The average molecular weight is 623 g/mol. The van der Waals surface area contributed by atoms with Crippen LogP contribution in [0.2, 0.25) is 0 Å². The molecule has 0 fully saturated rings. The second kappa shape index (κ2) is 9.06. The predicted octanol–water partition coefficient (Wildman–Crippen LogP) is 12.7. The minimum Gasteiger partial charge on any atom is -0.454 e. The Hall–Kier alpha value is -6.58. The van der Waals surface area contributed by atoms with Gasteiger partial charge in [0.05, 0.1) is 33.3 Å². The molecule has 0 unspecified atom stereocenters. The Kier molecular flexibility index (Phi) is 4.72. The zero-order chi connectivity index (χ0) is 31.8. The van der Waals surface area contributed by atoms with Gasteiger partial charge in [-0.3, -0.25) is 0 Å². The molecule has 0 aliphatic heterocycles. The zero-order valence-electron chi connectivity index (χ0n) is 26.3. The van der Waals surface area contributed by atoms with E-state index in [1.54, 1.807) is 0 Å². The van der Waals surface area contributed by atoms with E-state index in [4.69, 9.17) is 4.42 Å². The fourth-order valence-corrected chi connectivity index (χ4v) is 8.73. The van der Waals surface area contributed by atoms with Crippen molar-refractivity contribution in [2.24, 2.45) is 0 Å². The van der Waals surface area contributed by atoms with Crippen molar-refractivity contribution in [2.45, 2.75) is 0 Å². The molecule has 8 aromatic carbocycles. The lowest BCUT2D eigenvalue weighted by molar-refractivity contribution is 0.666. The summed E-state index contributed by atoms with van der Waals surface area (Å²) in [5, 5.41) is 12.4. The number of hydrogen-bond donors (Lipinski definition) is 0. The van der Waals surface area contributed by atoms with Crippen LogP contribution in [-0.2, 0) is 0 Å². The van der Waals surface area contributed by atoms with Crippen LogP contribution in [0.4, 0.5) is 0 Å². The van der Waals surface area contributed by atoms with E-state index in [1.807, 2.05) is 0 Å². The maximum absolute atomic E-state index is 6.81. The third-order valence-corrected chi connectivity index (χ3v) is 10.8. The first-order chi connectivity index (χ1) is 24.3. The van der Waals surface area contributed by atoms with E-state index < -0.39 is 0 Å². The van der Waals surface area contributed by atoms with Crippen molar-refractivity contribution in [3.8, 4) is 16.8 Å². The van der Waals surface area contributed by atoms with Crippen LogP contribution < -0.4 is 0 Å². The summed E-state index contributed by atoms with van der Waals surface area (Å²) in [6.07, 6.45) is 0. The number of aromatic nitrogens is 2. The molecule has 12 rings (SSSR count). The van der Waals surface area contributed by atoms with E-state index in [0.29, 0.717) is 0 Å². The second-order valence-electron chi connectivity index (χ2n) is 13.3. The van der Waals surface area contributed by atoms with Gasteiger partial charge < -0.3 is 13.4 Å². The lowest BCUT2D eigenvalue weighted by Crippen LogP contribution is -1.96. The van der Waals surface area contributed by atoms with Gasteiger partial charge in [-0.25, -0.2) is 0 Å². The largest absolute Gasteiger partial charge is 0.454 e. The normalized spacial score (nSPS) is 12.5. The summed E-state index contributed by atoms with van der Waals surface area (Å²) in [5.41, 5.74) is 11.3. The molecule has 0 spiro atoms. The Balaban J connectivity index is 1.30. The van der Waals surface area contributed by atoms with E-state index in [9.17, 15) is 0 Å². The molecule has 0 bridgehead atoms. The minimum atomic E-state index is 0.896. The first-order valence-electron chi connectivity index (χ1n) is 16.9. The van der Waals surface area contributed by atoms with Crippen molar-refractivity contribution in [3.63, 3.8) is 0 Å². The molecule has 12 aromatic rings. The third kappa shape index (κ3) is 3.22. The van der Waals surface area contributed by atoms with Crippen LogP contribution in [-0.4, -0.2) is 8.97 Å². The van der Waals surface area contributed by atoms with Crippen LogP contribution in [0.5, 0.6) is 0 Å². The average Bonchev–Trinajstić information content (AvgIpc) is 3.89. The molecule has 0 amide bonds. The van der Waals surface area contributed by atoms with Gasteiger partial charge in [0.15, 0.2) is 5.58 Å². The van der Waals surface area contributed by atoms with E-state index in [-0.39, 0.29) is 0 Å². The zero-order valence-corrected chi connectivity index (χ0v) is 26.3. The van der Waals surface area contributed by atoms with Gasteiger partial charge in [-0.05, 0) is 70.4 Å². The van der Waals surface area contributed by atoms with Gasteiger partial charge in [0.2, 0.25) is 0 Å². The summed E-state index contributed by atoms with van der Waals surface area (Å²) in [6.45, 7) is 0. The van der Waals surface area contributed by atoms with Crippen molar-refractivity contribution in [3.05, 3.63) is 158 Å². The molecule has 0 saturated carbocycles. The Morgan fingerprint density at radius 2 is 1.04 bits per heavy atom. The van der Waals surface area contributed by atoms with Crippen molar-refractivity contribution >= 4 is 92.6 Å². The Bertz CT molecular complexity index is 3340. The Morgan fingerprint density at radius 1 is 0.388 bits per heavy atom. The molecule has 226 valence electrons. The Labute approximate surface area is 279 Å². The van der Waals surface area contributed by atoms with Gasteiger partial charge in [-0.1, -0.05) is 109 Å². The predicted molar refractivity (Wildman–Crippen MR) is 206 cm³/mol. The van der Waals surface area contributed by atoms with Gasteiger partial charge in [0.1, 0.15) is 5.58 Å². The van der Waals surface area contributed by atoms with Gasteiger partial charge in [0.25, 0.3) is 0 Å². The fourth-order valence-electron chi connectivity index (χ4n) is 8.73. The highest BCUT2D eigenvalue weighted by atomic mass is 16.3. The molecule has 49 heavy (non-hydrogen) atoms. The third-order valence-electron chi connectivity index (χ3n) is 10.8. The molecule has 4 aromatic heterocycles. The molecular formula is C46H26N2O. The van der Waals surface area contributed by atoms with Crippen LogP contribution in [0.3, 0.4) is 0 Å². The van der Waals surface area contributed by atoms with Crippen molar-refractivity contribution in [2.75, 3.05) is 0 Å². The lowest BCUT2D eigenvalue weighted by atomic mass is 9.98. The summed E-state index contributed by atoms with van der Waals surface area (Å²) in [7, 11) is 0. The van der Waals surface area contributed by atoms with Crippen LogP contribution in [0.1, 0.15) is 0 Å². The highest BCUT2D eigenvalue weighted by Gasteiger charge is 2.25. The second-order valence-corrected chi connectivity index (χ2v) is 13.3. The maximum atomic E-state index is 6.81. The van der Waals surface area contributed by atoms with Crippen LogP contribution in [0.15, 0.2) is 162 Å². The van der Waals surface area contributed by atoms with Crippen molar-refractivity contribution in [1.82, 2.24) is 8.97 Å². The van der Waals surface area contributed by atoms with E-state index in [2.05, 4.69) is 167 Å². The quantitative estimate of drug-likeness (QED) is 0.188. The summed E-state index contributed by atoms with van der Waals surface area (Å²) in [4.78, 5) is 0. The van der Waals surface area contributed by atoms with Crippen LogP contribution in [0, 0.1) is 0 Å². The number of hydrogen-bond acceptors (Lipinski definition) is 1. The number of nitrogens with zero attached hydrogens (tertiary/aromatic N) is 2. The topological polar surface area (TPSA) is 22.5 Å². The summed E-state index contributed by atoms with van der Waals surface area (Å²) in [6, 6.07) is 57.4. The number of fused-ring (bicyclic) bond motifs is 14. The molecule has 3 heteroatoms. The lowest BCUT2D eigenvalue weighted by Gasteiger charge is -2.12. The monoisotopic (exact) mass is 622 g/mol. The smallest absolute Gasteiger partial charge is 0.159 e. The Morgan fingerprint density at radius 3 is 1.88 bits per heavy atom. The van der Waals surface area contributed by atoms with Crippen molar-refractivity contribution < 1.29 is 4.42 Å². The number of benzene rings is 8. The van der Waals surface area contributed by atoms with Crippen LogP contribution >= 0.6 is 0 Å². The van der Waals surface area contributed by atoms with Gasteiger partial charge in [-0.2, -0.15) is 0 Å². The molecule has 3 nitrogen and oxygen atoms in total. The van der Waals surface area contributed by atoms with E-state index >= 15 is 0 Å². The van der Waals surface area contributed by atoms with Crippen molar-refractivity contribution in [1.29, 1.82) is 0 Å². The molecular weight excluding hydrogens is 597 g/mol. The number of rotatable bonds is 2. The summed E-state index contributed by atoms with van der Waals surface area (Å²) < 4.78 is 11.7. The molecule has 0 aliphatic rings. The molecule has 4 heterocycles. The highest BCUT2D eigenvalue weighted by Crippen LogP contribution is 2.48. The molecule has 0 saturated heterocycles.